The van der Waals surface area contributed by atoms with Crippen molar-refractivity contribution in [2.24, 2.45) is 0 Å². The van der Waals surface area contributed by atoms with Gasteiger partial charge >= 0.3 is 0 Å². The summed E-state index contributed by atoms with van der Waals surface area (Å²) in [5.41, 5.74) is 1.13. The number of phenols is 1. The molecule has 98 valence electrons. The lowest BCUT2D eigenvalue weighted by molar-refractivity contribution is 0.0992. The molecule has 3 nitrogen and oxygen atoms in total. The third kappa shape index (κ3) is 3.08. The fourth-order valence-corrected chi connectivity index (χ4v) is 2.51. The lowest BCUT2D eigenvalue weighted by Crippen LogP contribution is -2.26. The Morgan fingerprint density at radius 2 is 2.00 bits per heavy atom. The van der Waals surface area contributed by atoms with Gasteiger partial charge in [-0.15, -0.1) is 0 Å². The SMILES string of the molecule is CN(C(=O)c1ccc(Cl)cc1Br)c1cccc(O)c1. The molecule has 0 bridgehead atoms. The normalized spacial score (nSPS) is 10.3. The number of rotatable bonds is 2. The van der Waals surface area contributed by atoms with Crippen LogP contribution in [0.1, 0.15) is 10.4 Å². The van der Waals surface area contributed by atoms with E-state index in [1.807, 2.05) is 0 Å². The monoisotopic (exact) mass is 339 g/mol. The van der Waals surface area contributed by atoms with E-state index < -0.39 is 0 Å². The Balaban J connectivity index is 2.33. The number of halogens is 2. The topological polar surface area (TPSA) is 40.5 Å². The van der Waals surface area contributed by atoms with Crippen LogP contribution in [0.25, 0.3) is 0 Å². The highest BCUT2D eigenvalue weighted by Gasteiger charge is 2.16. The molecule has 2 rings (SSSR count). The van der Waals surface area contributed by atoms with Crippen LogP contribution in [-0.4, -0.2) is 18.1 Å². The zero-order valence-electron chi connectivity index (χ0n) is 10.1. The number of nitrogens with zero attached hydrogens (tertiary/aromatic N) is 1. The molecule has 5 heteroatoms. The molecule has 0 aliphatic heterocycles. The molecule has 0 aliphatic rings. The molecule has 0 aromatic heterocycles. The molecule has 0 aliphatic carbocycles. The Morgan fingerprint density at radius 3 is 2.63 bits per heavy atom. The van der Waals surface area contributed by atoms with Gasteiger partial charge < -0.3 is 10.0 Å². The number of benzene rings is 2. The predicted octanol–water partition coefficient (Wildman–Crippen LogP) is 4.08. The number of carbonyl (C=O) groups excluding carboxylic acids is 1. The summed E-state index contributed by atoms with van der Waals surface area (Å²) in [6.45, 7) is 0. The highest BCUT2D eigenvalue weighted by Crippen LogP contribution is 2.25. The Bertz CT molecular complexity index is 631. The lowest BCUT2D eigenvalue weighted by Gasteiger charge is -2.18. The molecule has 2 aromatic carbocycles. The van der Waals surface area contributed by atoms with E-state index in [0.29, 0.717) is 20.7 Å². The van der Waals surface area contributed by atoms with Crippen molar-refractivity contribution < 1.29 is 9.90 Å². The molecule has 0 unspecified atom stereocenters. The summed E-state index contributed by atoms with van der Waals surface area (Å²) in [6, 6.07) is 11.5. The average Bonchev–Trinajstić information content (AvgIpc) is 2.37. The second-order valence-electron chi connectivity index (χ2n) is 4.01. The molecule has 0 spiro atoms. The number of aromatic hydroxyl groups is 1. The van der Waals surface area contributed by atoms with E-state index in [-0.39, 0.29) is 11.7 Å². The lowest BCUT2D eigenvalue weighted by atomic mass is 10.2. The standard InChI is InChI=1S/C14H11BrClNO2/c1-17(10-3-2-4-11(18)8-10)14(19)12-6-5-9(16)7-13(12)15/h2-8,18H,1H3. The number of phenolic OH excluding ortho intramolecular Hbond substituents is 1. The molecule has 1 N–H and O–H groups in total. The maximum absolute atomic E-state index is 12.4. The Hall–Kier alpha value is -1.52. The van der Waals surface area contributed by atoms with Crippen molar-refractivity contribution in [1.29, 1.82) is 0 Å². The number of amides is 1. The quantitative estimate of drug-likeness (QED) is 0.894. The van der Waals surface area contributed by atoms with Crippen molar-refractivity contribution in [3.8, 4) is 5.75 Å². The minimum atomic E-state index is -0.186. The zero-order chi connectivity index (χ0) is 14.0. The zero-order valence-corrected chi connectivity index (χ0v) is 12.4. The highest BCUT2D eigenvalue weighted by molar-refractivity contribution is 9.10. The first-order valence-electron chi connectivity index (χ1n) is 5.51. The van der Waals surface area contributed by atoms with Crippen LogP contribution in [0.4, 0.5) is 5.69 Å². The Kier molecular flexibility index (Phi) is 4.12. The minimum absolute atomic E-state index is 0.118. The largest absolute Gasteiger partial charge is 0.508 e. The van der Waals surface area contributed by atoms with Crippen LogP contribution < -0.4 is 4.90 Å². The second-order valence-corrected chi connectivity index (χ2v) is 5.30. The van der Waals surface area contributed by atoms with Gasteiger partial charge in [0.15, 0.2) is 0 Å². The van der Waals surface area contributed by atoms with Crippen molar-refractivity contribution in [2.75, 3.05) is 11.9 Å². The summed E-state index contributed by atoms with van der Waals surface area (Å²) in [6.07, 6.45) is 0. The van der Waals surface area contributed by atoms with Crippen molar-refractivity contribution in [3.05, 3.63) is 57.5 Å². The van der Waals surface area contributed by atoms with Crippen LogP contribution in [0.15, 0.2) is 46.9 Å². The van der Waals surface area contributed by atoms with E-state index in [2.05, 4.69) is 15.9 Å². The molecular weight excluding hydrogens is 330 g/mol. The van der Waals surface area contributed by atoms with Gasteiger partial charge in [-0.3, -0.25) is 4.79 Å². The Labute approximate surface area is 124 Å². The summed E-state index contributed by atoms with van der Waals surface area (Å²) in [5.74, 6) is -0.0681. The third-order valence-corrected chi connectivity index (χ3v) is 3.57. The van der Waals surface area contributed by atoms with E-state index in [0.717, 1.165) is 0 Å². The van der Waals surface area contributed by atoms with Crippen molar-refractivity contribution >= 4 is 39.1 Å². The fraction of sp³-hybridized carbons (Fsp3) is 0.0714. The second kappa shape index (κ2) is 5.63. The number of anilines is 1. The van der Waals surface area contributed by atoms with Crippen LogP contribution in [0.3, 0.4) is 0 Å². The molecule has 0 fully saturated rings. The summed E-state index contributed by atoms with van der Waals surface area (Å²) >= 11 is 9.17. The van der Waals surface area contributed by atoms with Gasteiger partial charge in [0.25, 0.3) is 5.91 Å². The van der Waals surface area contributed by atoms with Gasteiger partial charge in [-0.25, -0.2) is 0 Å². The first-order chi connectivity index (χ1) is 8.99. The van der Waals surface area contributed by atoms with Crippen molar-refractivity contribution in [3.63, 3.8) is 0 Å². The third-order valence-electron chi connectivity index (χ3n) is 2.68. The first-order valence-corrected chi connectivity index (χ1v) is 6.68. The summed E-state index contributed by atoms with van der Waals surface area (Å²) in [7, 11) is 1.65. The van der Waals surface area contributed by atoms with Crippen LogP contribution >= 0.6 is 27.5 Å². The van der Waals surface area contributed by atoms with Crippen LogP contribution in [0.2, 0.25) is 5.02 Å². The fourth-order valence-electron chi connectivity index (χ4n) is 1.66. The summed E-state index contributed by atoms with van der Waals surface area (Å²) in [4.78, 5) is 13.8. The highest BCUT2D eigenvalue weighted by atomic mass is 79.9. The molecule has 0 atom stereocenters. The van der Waals surface area contributed by atoms with Gasteiger partial charge in [0.05, 0.1) is 5.56 Å². The maximum Gasteiger partial charge on any atom is 0.259 e. The van der Waals surface area contributed by atoms with Gasteiger partial charge in [0.2, 0.25) is 0 Å². The maximum atomic E-state index is 12.4. The smallest absolute Gasteiger partial charge is 0.259 e. The van der Waals surface area contributed by atoms with Crippen LogP contribution in [-0.2, 0) is 0 Å². The van der Waals surface area contributed by atoms with Crippen LogP contribution in [0, 0.1) is 0 Å². The average molecular weight is 341 g/mol. The molecule has 0 radical (unpaired) electrons. The van der Waals surface area contributed by atoms with E-state index in [1.54, 1.807) is 43.4 Å². The van der Waals surface area contributed by atoms with Gasteiger partial charge in [-0.05, 0) is 46.3 Å². The van der Waals surface area contributed by atoms with Gasteiger partial charge in [0.1, 0.15) is 5.75 Å². The number of hydrogen-bond donors (Lipinski definition) is 1. The van der Waals surface area contributed by atoms with E-state index in [4.69, 9.17) is 11.6 Å². The van der Waals surface area contributed by atoms with Crippen molar-refractivity contribution in [1.82, 2.24) is 0 Å². The molecular formula is C14H11BrClNO2. The molecule has 0 saturated heterocycles. The molecule has 0 heterocycles. The Morgan fingerprint density at radius 1 is 1.26 bits per heavy atom. The van der Waals surface area contributed by atoms with Gasteiger partial charge in [-0.1, -0.05) is 17.7 Å². The van der Waals surface area contributed by atoms with Crippen LogP contribution in [0.5, 0.6) is 5.75 Å². The minimum Gasteiger partial charge on any atom is -0.508 e. The number of hydrogen-bond acceptors (Lipinski definition) is 2. The summed E-state index contributed by atoms with van der Waals surface area (Å²) in [5, 5.41) is 10.00. The predicted molar refractivity (Wildman–Crippen MR) is 80.0 cm³/mol. The molecule has 19 heavy (non-hydrogen) atoms. The van der Waals surface area contributed by atoms with Crippen molar-refractivity contribution in [2.45, 2.75) is 0 Å². The van der Waals surface area contributed by atoms with Gasteiger partial charge in [-0.2, -0.15) is 0 Å². The summed E-state index contributed by atoms with van der Waals surface area (Å²) < 4.78 is 0.636. The van der Waals surface area contributed by atoms with E-state index in [9.17, 15) is 9.90 Å². The first kappa shape index (κ1) is 13.9. The number of carbonyl (C=O) groups is 1. The molecule has 2 aromatic rings. The molecule has 1 amide bonds. The molecule has 0 saturated carbocycles. The van der Waals surface area contributed by atoms with E-state index in [1.165, 1.54) is 11.0 Å². The van der Waals surface area contributed by atoms with Gasteiger partial charge in [0, 0.05) is 28.3 Å². The van der Waals surface area contributed by atoms with E-state index >= 15 is 0 Å².